The van der Waals surface area contributed by atoms with Gasteiger partial charge in [-0.25, -0.2) is 19.2 Å². The van der Waals surface area contributed by atoms with Crippen molar-refractivity contribution in [3.8, 4) is 11.5 Å². The fourth-order valence-electron chi connectivity index (χ4n) is 4.27. The second-order valence-corrected chi connectivity index (χ2v) is 7.95. The summed E-state index contributed by atoms with van der Waals surface area (Å²) >= 11 is 0. The van der Waals surface area contributed by atoms with E-state index >= 15 is 0 Å². The van der Waals surface area contributed by atoms with Crippen LogP contribution in [0.1, 0.15) is 49.9 Å². The molecule has 3 heterocycles. The minimum absolute atomic E-state index is 0.0269. The largest absolute Gasteiger partial charge is 0.365 e. The molecule has 0 saturated heterocycles. The van der Waals surface area contributed by atoms with Gasteiger partial charge in [-0.2, -0.15) is 0 Å². The molecule has 5 rings (SSSR count). The maximum Gasteiger partial charge on any atom is 0.331 e. The van der Waals surface area contributed by atoms with Crippen molar-refractivity contribution in [1.82, 2.24) is 19.1 Å². The third-order valence-electron chi connectivity index (χ3n) is 5.90. The Balaban J connectivity index is 1.53. The number of fused-ring (bicyclic) bond motifs is 3. The third-order valence-corrected chi connectivity index (χ3v) is 5.90. The maximum absolute atomic E-state index is 13.5. The van der Waals surface area contributed by atoms with Crippen LogP contribution < -0.4 is 11.0 Å². The van der Waals surface area contributed by atoms with Gasteiger partial charge in [0, 0.05) is 25.0 Å². The van der Waals surface area contributed by atoms with E-state index in [1.165, 1.54) is 12.5 Å². The summed E-state index contributed by atoms with van der Waals surface area (Å²) in [6.07, 6.45) is 4.98. The molecule has 0 radical (unpaired) electrons. The summed E-state index contributed by atoms with van der Waals surface area (Å²) in [7, 11) is 0. The standard InChI is InChI=1S/C21H24FN5O/c1-2-9-26-20-17(24-18(25-20)14-6-4-7-14)19-23-16(12-27(19)21(26)28)11-13-5-3-8-15(22)10-13/h3,5,8,10,14,16,23H,2,4,6-7,9,11-12H2,1H3. The monoisotopic (exact) mass is 381 g/mol. The number of halogens is 1. The first-order chi connectivity index (χ1) is 13.6. The van der Waals surface area contributed by atoms with Gasteiger partial charge in [-0.05, 0) is 43.4 Å². The van der Waals surface area contributed by atoms with Crippen molar-refractivity contribution in [3.05, 3.63) is 52.0 Å². The molecule has 0 aromatic heterocycles. The number of nitrogens with one attached hydrogen (secondary N) is 1. The van der Waals surface area contributed by atoms with Gasteiger partial charge < -0.3 is 5.32 Å². The fourth-order valence-corrected chi connectivity index (χ4v) is 4.27. The Morgan fingerprint density at radius 1 is 1.29 bits per heavy atom. The van der Waals surface area contributed by atoms with Crippen molar-refractivity contribution >= 4 is 5.82 Å². The molecule has 1 unspecified atom stereocenters. The quantitative estimate of drug-likeness (QED) is 0.736. The zero-order valence-corrected chi connectivity index (χ0v) is 16.0. The summed E-state index contributed by atoms with van der Waals surface area (Å²) in [6.45, 7) is 3.24. The Bertz CT molecular complexity index is 1050. The molecule has 1 fully saturated rings. The molecular weight excluding hydrogens is 357 g/mol. The third kappa shape index (κ3) is 2.80. The highest BCUT2D eigenvalue weighted by molar-refractivity contribution is 5.70. The van der Waals surface area contributed by atoms with Gasteiger partial charge >= 0.3 is 5.69 Å². The van der Waals surface area contributed by atoms with Crippen molar-refractivity contribution in [2.45, 2.75) is 64.1 Å². The van der Waals surface area contributed by atoms with Crippen LogP contribution in [0.25, 0.3) is 11.5 Å². The van der Waals surface area contributed by atoms with E-state index in [1.54, 1.807) is 21.3 Å². The van der Waals surface area contributed by atoms with E-state index in [9.17, 15) is 9.18 Å². The van der Waals surface area contributed by atoms with Gasteiger partial charge in [-0.15, -0.1) is 0 Å². The highest BCUT2D eigenvalue weighted by Crippen LogP contribution is 2.38. The molecule has 0 bridgehead atoms. The molecule has 7 heteroatoms. The van der Waals surface area contributed by atoms with E-state index in [4.69, 9.17) is 9.97 Å². The summed E-state index contributed by atoms with van der Waals surface area (Å²) in [6, 6.07) is 6.67. The Morgan fingerprint density at radius 3 is 2.86 bits per heavy atom. The van der Waals surface area contributed by atoms with Gasteiger partial charge in [0.1, 0.15) is 23.2 Å². The lowest BCUT2D eigenvalue weighted by Crippen LogP contribution is -2.32. The van der Waals surface area contributed by atoms with Crippen LogP contribution in [0.4, 0.5) is 10.2 Å². The molecule has 1 N–H and O–H groups in total. The molecule has 0 amide bonds. The van der Waals surface area contributed by atoms with Crippen LogP contribution in [-0.2, 0) is 19.5 Å². The Morgan fingerprint density at radius 2 is 2.14 bits per heavy atom. The van der Waals surface area contributed by atoms with E-state index in [0.29, 0.717) is 31.3 Å². The Hall–Kier alpha value is -2.70. The van der Waals surface area contributed by atoms with Gasteiger partial charge in [0.05, 0.1) is 0 Å². The van der Waals surface area contributed by atoms with Crippen LogP contribution in [0.3, 0.4) is 0 Å². The predicted octanol–water partition coefficient (Wildman–Crippen LogP) is 3.40. The molecule has 4 aliphatic rings. The molecule has 0 spiro atoms. The smallest absolute Gasteiger partial charge is 0.331 e. The summed E-state index contributed by atoms with van der Waals surface area (Å²) in [5.41, 5.74) is 1.66. The van der Waals surface area contributed by atoms with Crippen LogP contribution in [0.5, 0.6) is 0 Å². The van der Waals surface area contributed by atoms with Gasteiger partial charge in [0.25, 0.3) is 0 Å². The number of imidazole rings is 1. The SMILES string of the molecule is CCCn1c2nc(C3CCC3)nc-2c2n(c1=O)CC(Cc1cccc(F)c1)N2. The summed E-state index contributed by atoms with van der Waals surface area (Å²) in [5, 5.41) is 3.47. The molecule has 28 heavy (non-hydrogen) atoms. The van der Waals surface area contributed by atoms with Crippen molar-refractivity contribution in [2.75, 3.05) is 5.32 Å². The minimum atomic E-state index is -0.236. The number of aromatic nitrogens is 4. The lowest BCUT2D eigenvalue weighted by atomic mass is 9.85. The number of hydrogen-bond donors (Lipinski definition) is 1. The summed E-state index contributed by atoms with van der Waals surface area (Å²) in [5.74, 6) is 2.50. The number of nitrogens with zero attached hydrogens (tertiary/aromatic N) is 4. The maximum atomic E-state index is 13.5. The van der Waals surface area contributed by atoms with Crippen LogP contribution in [0, 0.1) is 5.82 Å². The average molecular weight is 381 g/mol. The molecule has 1 atom stereocenters. The number of hydrogen-bond acceptors (Lipinski definition) is 4. The highest BCUT2D eigenvalue weighted by atomic mass is 19.1. The first-order valence-electron chi connectivity index (χ1n) is 10.2. The molecular formula is C21H24FN5O. The van der Waals surface area contributed by atoms with Crippen molar-refractivity contribution < 1.29 is 4.39 Å². The number of anilines is 1. The van der Waals surface area contributed by atoms with Gasteiger partial charge in [0.2, 0.25) is 0 Å². The van der Waals surface area contributed by atoms with Crippen LogP contribution >= 0.6 is 0 Å². The predicted molar refractivity (Wildman–Crippen MR) is 105 cm³/mol. The van der Waals surface area contributed by atoms with Gasteiger partial charge in [0.15, 0.2) is 5.82 Å². The molecule has 1 aromatic carbocycles. The number of benzene rings is 1. The van der Waals surface area contributed by atoms with E-state index in [-0.39, 0.29) is 17.5 Å². The first kappa shape index (κ1) is 17.4. The molecule has 146 valence electrons. The van der Waals surface area contributed by atoms with Gasteiger partial charge in [-0.1, -0.05) is 25.5 Å². The van der Waals surface area contributed by atoms with Crippen LogP contribution in [0.2, 0.25) is 0 Å². The minimum Gasteiger partial charge on any atom is -0.365 e. The topological polar surface area (TPSA) is 64.7 Å². The van der Waals surface area contributed by atoms with E-state index in [0.717, 1.165) is 42.2 Å². The van der Waals surface area contributed by atoms with Crippen molar-refractivity contribution in [2.24, 2.45) is 0 Å². The second kappa shape index (κ2) is 6.72. The molecule has 1 aromatic rings. The molecule has 1 saturated carbocycles. The normalized spacial score (nSPS) is 18.9. The molecule has 1 aliphatic carbocycles. The lowest BCUT2D eigenvalue weighted by Gasteiger charge is -2.21. The fraction of sp³-hybridized carbons (Fsp3) is 0.476. The zero-order valence-electron chi connectivity index (χ0n) is 16.0. The van der Waals surface area contributed by atoms with Crippen molar-refractivity contribution in [3.63, 3.8) is 0 Å². The Kier molecular flexibility index (Phi) is 4.18. The molecule has 3 aliphatic heterocycles. The zero-order chi connectivity index (χ0) is 19.3. The second-order valence-electron chi connectivity index (χ2n) is 7.95. The van der Waals surface area contributed by atoms with Crippen molar-refractivity contribution in [1.29, 1.82) is 0 Å². The molecule has 6 nitrogen and oxygen atoms in total. The highest BCUT2D eigenvalue weighted by Gasteiger charge is 2.33. The Labute approximate surface area is 162 Å². The van der Waals surface area contributed by atoms with E-state index in [1.807, 2.05) is 6.07 Å². The van der Waals surface area contributed by atoms with E-state index < -0.39 is 0 Å². The van der Waals surface area contributed by atoms with Crippen LogP contribution in [0.15, 0.2) is 29.1 Å². The summed E-state index contributed by atoms with van der Waals surface area (Å²) < 4.78 is 17.1. The van der Waals surface area contributed by atoms with Crippen LogP contribution in [-0.4, -0.2) is 25.1 Å². The van der Waals surface area contributed by atoms with Gasteiger partial charge in [-0.3, -0.25) is 9.13 Å². The average Bonchev–Trinajstić information content (AvgIpc) is 3.22. The number of rotatable bonds is 5. The summed E-state index contributed by atoms with van der Waals surface area (Å²) in [4.78, 5) is 22.7. The first-order valence-corrected chi connectivity index (χ1v) is 10.2. The van der Waals surface area contributed by atoms with E-state index in [2.05, 4.69) is 12.2 Å². The lowest BCUT2D eigenvalue weighted by molar-refractivity contribution is 0.404.